The van der Waals surface area contributed by atoms with E-state index in [2.05, 4.69) is 16.6 Å². The van der Waals surface area contributed by atoms with Crippen molar-refractivity contribution >= 4 is 27.7 Å². The molecule has 0 amide bonds. The van der Waals surface area contributed by atoms with Crippen LogP contribution in [0.4, 0.5) is 10.1 Å². The van der Waals surface area contributed by atoms with Crippen molar-refractivity contribution in [2.24, 2.45) is 5.41 Å². The molecule has 1 aromatic rings. The van der Waals surface area contributed by atoms with Gasteiger partial charge in [-0.25, -0.2) is 8.70 Å². The van der Waals surface area contributed by atoms with Gasteiger partial charge in [0.15, 0.2) is 5.82 Å². The van der Waals surface area contributed by atoms with Crippen LogP contribution in [-0.4, -0.2) is 50.1 Å². The maximum Gasteiger partial charge on any atom is 0.324 e. The van der Waals surface area contributed by atoms with Crippen molar-refractivity contribution in [3.05, 3.63) is 29.7 Å². The molecular formula is C18H26FN3O4S2. The molecule has 0 unspecified atom stereocenters. The molecule has 1 saturated heterocycles. The number of phenolic OH excluding ortho intramolecular Hbond substituents is 1. The molecule has 4 N–H and O–H groups in total. The molecule has 0 aliphatic carbocycles. The molecule has 2 heterocycles. The number of aliphatic hydroxyl groups is 1. The summed E-state index contributed by atoms with van der Waals surface area (Å²) in [6.45, 7) is 8.19. The van der Waals surface area contributed by atoms with Crippen LogP contribution in [0.15, 0.2) is 23.2 Å². The van der Waals surface area contributed by atoms with Crippen molar-refractivity contribution in [1.82, 2.24) is 10.0 Å². The van der Waals surface area contributed by atoms with Gasteiger partial charge in [0.1, 0.15) is 11.4 Å². The van der Waals surface area contributed by atoms with E-state index in [0.29, 0.717) is 29.2 Å². The Morgan fingerprint density at radius 3 is 2.82 bits per heavy atom. The first kappa shape index (κ1) is 21.2. The van der Waals surface area contributed by atoms with Gasteiger partial charge >= 0.3 is 10.2 Å². The van der Waals surface area contributed by atoms with E-state index in [1.54, 1.807) is 0 Å². The summed E-state index contributed by atoms with van der Waals surface area (Å²) in [6.07, 6.45) is 1.17. The van der Waals surface area contributed by atoms with E-state index in [4.69, 9.17) is 0 Å². The molecule has 1 fully saturated rings. The Morgan fingerprint density at radius 1 is 1.50 bits per heavy atom. The fraction of sp³-hybridized carbons (Fsp3) is 0.556. The molecule has 0 bridgehead atoms. The minimum Gasteiger partial charge on any atom is -0.506 e. The van der Waals surface area contributed by atoms with Crippen molar-refractivity contribution in [2.45, 2.75) is 37.6 Å². The molecule has 3 rings (SSSR count). The van der Waals surface area contributed by atoms with Crippen LogP contribution in [0.3, 0.4) is 0 Å². The number of phenols is 1. The van der Waals surface area contributed by atoms with E-state index < -0.39 is 21.8 Å². The Morgan fingerprint density at radius 2 is 2.21 bits per heavy atom. The molecule has 10 heteroatoms. The lowest BCUT2D eigenvalue weighted by Gasteiger charge is -2.29. The molecule has 156 valence electrons. The number of rotatable bonds is 6. The first-order chi connectivity index (χ1) is 13.0. The molecular weight excluding hydrogens is 405 g/mol. The van der Waals surface area contributed by atoms with E-state index in [-0.39, 0.29) is 36.0 Å². The normalized spacial score (nSPS) is 21.5. The Hall–Kier alpha value is -1.49. The molecule has 2 aliphatic heterocycles. The Kier molecular flexibility index (Phi) is 5.86. The summed E-state index contributed by atoms with van der Waals surface area (Å²) in [5.74, 6) is -0.407. The predicted molar refractivity (Wildman–Crippen MR) is 108 cm³/mol. The number of halogens is 1. The summed E-state index contributed by atoms with van der Waals surface area (Å²) in [7, 11) is -3.97. The highest BCUT2D eigenvalue weighted by molar-refractivity contribution is 7.99. The van der Waals surface area contributed by atoms with Crippen LogP contribution in [0.2, 0.25) is 0 Å². The lowest BCUT2D eigenvalue weighted by atomic mass is 9.90. The van der Waals surface area contributed by atoms with Crippen molar-refractivity contribution in [1.29, 1.82) is 0 Å². The van der Waals surface area contributed by atoms with Crippen LogP contribution in [0.1, 0.15) is 25.8 Å². The monoisotopic (exact) mass is 431 g/mol. The summed E-state index contributed by atoms with van der Waals surface area (Å²) in [4.78, 5) is 0.621. The van der Waals surface area contributed by atoms with Crippen LogP contribution < -0.4 is 14.3 Å². The smallest absolute Gasteiger partial charge is 0.324 e. The standard InChI is InChI=1S/C18H26FN3O4S2/c1-11-8-22(28(25,26)21-11)17-14(24)7-15-13(16(17)19)6-12(9-27-15)20-5-4-18(2,3)10-23/h7,12,20-21,23-24H,1,4-6,8-10H2,2-3H3/t12-/m0/s1. The van der Waals surface area contributed by atoms with Gasteiger partial charge in [-0.15, -0.1) is 11.8 Å². The van der Waals surface area contributed by atoms with Gasteiger partial charge in [-0.05, 0) is 30.9 Å². The van der Waals surface area contributed by atoms with Gasteiger partial charge in [-0.2, -0.15) is 8.42 Å². The molecule has 1 aromatic carbocycles. The number of nitrogens with zero attached hydrogens (tertiary/aromatic N) is 1. The summed E-state index contributed by atoms with van der Waals surface area (Å²) in [5.41, 5.74) is 0.0939. The summed E-state index contributed by atoms with van der Waals surface area (Å²) < 4.78 is 42.7. The molecule has 7 nitrogen and oxygen atoms in total. The average Bonchev–Trinajstić information content (AvgIpc) is 2.87. The molecule has 0 saturated carbocycles. The number of aromatic hydroxyl groups is 1. The highest BCUT2D eigenvalue weighted by Gasteiger charge is 2.37. The van der Waals surface area contributed by atoms with Gasteiger partial charge < -0.3 is 15.5 Å². The first-order valence-corrected chi connectivity index (χ1v) is 11.5. The maximum atomic E-state index is 15.3. The first-order valence-electron chi connectivity index (χ1n) is 9.04. The number of nitrogens with one attached hydrogen (secondary N) is 2. The molecule has 1 atom stereocenters. The van der Waals surface area contributed by atoms with Crippen molar-refractivity contribution in [3.63, 3.8) is 0 Å². The molecule has 0 spiro atoms. The summed E-state index contributed by atoms with van der Waals surface area (Å²) >= 11 is 1.43. The highest BCUT2D eigenvalue weighted by Crippen LogP contribution is 2.43. The largest absolute Gasteiger partial charge is 0.506 e. The van der Waals surface area contributed by atoms with Crippen molar-refractivity contribution in [2.75, 3.05) is 29.8 Å². The number of hydrogen-bond acceptors (Lipinski definition) is 6. The number of hydrogen-bond donors (Lipinski definition) is 4. The van der Waals surface area contributed by atoms with E-state index in [0.717, 1.165) is 10.7 Å². The second-order valence-corrected chi connectivity index (χ2v) is 10.6. The van der Waals surface area contributed by atoms with Gasteiger partial charge in [0, 0.05) is 34.6 Å². The van der Waals surface area contributed by atoms with Crippen molar-refractivity contribution in [3.8, 4) is 5.75 Å². The molecule has 0 aromatic heterocycles. The lowest BCUT2D eigenvalue weighted by molar-refractivity contribution is 0.149. The van der Waals surface area contributed by atoms with Crippen LogP contribution >= 0.6 is 11.8 Å². The molecule has 0 radical (unpaired) electrons. The van der Waals surface area contributed by atoms with Gasteiger partial charge in [-0.1, -0.05) is 20.4 Å². The van der Waals surface area contributed by atoms with E-state index >= 15 is 4.39 Å². The number of benzene rings is 1. The highest BCUT2D eigenvalue weighted by atomic mass is 32.2. The van der Waals surface area contributed by atoms with Crippen LogP contribution in [0, 0.1) is 11.2 Å². The minimum atomic E-state index is -3.97. The zero-order valence-corrected chi connectivity index (χ0v) is 17.6. The Labute approximate surface area is 169 Å². The number of aliphatic hydroxyl groups excluding tert-OH is 1. The topological polar surface area (TPSA) is 102 Å². The molecule has 28 heavy (non-hydrogen) atoms. The van der Waals surface area contributed by atoms with Crippen LogP contribution in [0.5, 0.6) is 5.75 Å². The SMILES string of the molecule is C=C1CN(c2c(O)cc3c(c2F)C[C@H](NCCC(C)(C)CO)CS3)S(=O)(=O)N1. The zero-order valence-electron chi connectivity index (χ0n) is 16.0. The number of thioether (sulfide) groups is 1. The van der Waals surface area contributed by atoms with E-state index in [9.17, 15) is 18.6 Å². The van der Waals surface area contributed by atoms with Crippen LogP contribution in [-0.2, 0) is 16.6 Å². The molecule has 2 aliphatic rings. The van der Waals surface area contributed by atoms with E-state index in [1.165, 1.54) is 17.8 Å². The van der Waals surface area contributed by atoms with Crippen LogP contribution in [0.25, 0.3) is 0 Å². The second kappa shape index (κ2) is 7.74. The van der Waals surface area contributed by atoms with Gasteiger partial charge in [-0.3, -0.25) is 4.72 Å². The van der Waals surface area contributed by atoms with Gasteiger partial charge in [0.05, 0.1) is 6.54 Å². The Balaban J connectivity index is 1.81. The zero-order chi connectivity index (χ0) is 20.7. The fourth-order valence-corrected chi connectivity index (χ4v) is 5.69. The third-order valence-electron chi connectivity index (χ3n) is 4.98. The van der Waals surface area contributed by atoms with E-state index in [1.807, 2.05) is 13.8 Å². The van der Waals surface area contributed by atoms with Gasteiger partial charge in [0.25, 0.3) is 0 Å². The maximum absolute atomic E-state index is 15.3. The van der Waals surface area contributed by atoms with Gasteiger partial charge in [0.2, 0.25) is 0 Å². The third kappa shape index (κ3) is 4.24. The summed E-state index contributed by atoms with van der Waals surface area (Å²) in [5, 5.41) is 23.0. The quantitative estimate of drug-likeness (QED) is 0.547. The third-order valence-corrected chi connectivity index (χ3v) is 7.66. The predicted octanol–water partition coefficient (Wildman–Crippen LogP) is 1.71. The number of fused-ring (bicyclic) bond motifs is 1. The number of anilines is 1. The Bertz CT molecular complexity index is 889. The lowest BCUT2D eigenvalue weighted by Crippen LogP contribution is -2.38. The summed E-state index contributed by atoms with van der Waals surface area (Å²) in [6, 6.07) is 1.45. The average molecular weight is 432 g/mol. The minimum absolute atomic E-state index is 0.0159. The van der Waals surface area contributed by atoms with Crippen molar-refractivity contribution < 1.29 is 23.0 Å². The second-order valence-electron chi connectivity index (χ2n) is 7.99. The fourth-order valence-electron chi connectivity index (χ4n) is 3.25.